The van der Waals surface area contributed by atoms with Crippen LogP contribution in [-0.2, 0) is 9.47 Å². The Hall–Kier alpha value is -0.270. The smallest absolute Gasteiger partial charge is 0.186 e. The second kappa shape index (κ2) is 13.0. The average Bonchev–Trinajstić information content (AvgIpc) is 2.59. The zero-order chi connectivity index (χ0) is 17.8. The number of ether oxygens (including phenoxy) is 2. The SMILES string of the molecule is CCCCCCCCCCCCO[C@@H]1O[C@H](CO)[C@H](F)[C@H](O)[C@H]1O. The van der Waals surface area contributed by atoms with Gasteiger partial charge in [-0.1, -0.05) is 64.7 Å². The highest BCUT2D eigenvalue weighted by Gasteiger charge is 2.45. The maximum absolute atomic E-state index is 13.6. The van der Waals surface area contributed by atoms with Crippen LogP contribution in [0.4, 0.5) is 4.39 Å². The molecule has 1 fully saturated rings. The highest BCUT2D eigenvalue weighted by molar-refractivity contribution is 4.89. The lowest BCUT2D eigenvalue weighted by molar-refractivity contribution is -0.291. The van der Waals surface area contributed by atoms with E-state index in [0.29, 0.717) is 6.61 Å². The molecule has 5 nitrogen and oxygen atoms in total. The van der Waals surface area contributed by atoms with Crippen LogP contribution in [0.2, 0.25) is 0 Å². The summed E-state index contributed by atoms with van der Waals surface area (Å²) in [7, 11) is 0. The molecule has 0 aliphatic carbocycles. The Morgan fingerprint density at radius 1 is 0.875 bits per heavy atom. The van der Waals surface area contributed by atoms with Gasteiger partial charge in [-0.05, 0) is 6.42 Å². The molecule has 5 atom stereocenters. The van der Waals surface area contributed by atoms with Crippen molar-refractivity contribution in [2.24, 2.45) is 0 Å². The van der Waals surface area contributed by atoms with Gasteiger partial charge in [0.1, 0.15) is 18.3 Å². The normalized spacial score (nSPS) is 30.6. The Balaban J connectivity index is 2.02. The minimum atomic E-state index is -1.80. The molecule has 1 aliphatic heterocycles. The second-order valence-electron chi connectivity index (χ2n) is 6.70. The number of unbranched alkanes of at least 4 members (excludes halogenated alkanes) is 9. The van der Waals surface area contributed by atoms with E-state index < -0.39 is 37.4 Å². The van der Waals surface area contributed by atoms with Gasteiger partial charge in [0.15, 0.2) is 12.5 Å². The molecule has 0 radical (unpaired) electrons. The zero-order valence-corrected chi connectivity index (χ0v) is 14.9. The van der Waals surface area contributed by atoms with Gasteiger partial charge in [0.25, 0.3) is 0 Å². The molecular weight excluding hydrogens is 315 g/mol. The maximum Gasteiger partial charge on any atom is 0.186 e. The van der Waals surface area contributed by atoms with Crippen molar-refractivity contribution in [3.63, 3.8) is 0 Å². The summed E-state index contributed by atoms with van der Waals surface area (Å²) in [6.45, 7) is 2.06. The predicted octanol–water partition coefficient (Wildman–Crippen LogP) is 2.70. The third kappa shape index (κ3) is 7.74. The number of aliphatic hydroxyl groups is 3. The van der Waals surface area contributed by atoms with Crippen molar-refractivity contribution in [2.45, 2.75) is 102 Å². The van der Waals surface area contributed by atoms with Crippen molar-refractivity contribution in [1.29, 1.82) is 0 Å². The van der Waals surface area contributed by atoms with Crippen LogP contribution in [0.25, 0.3) is 0 Å². The topological polar surface area (TPSA) is 79.2 Å². The van der Waals surface area contributed by atoms with Gasteiger partial charge in [0.05, 0.1) is 6.61 Å². The van der Waals surface area contributed by atoms with Crippen LogP contribution in [-0.4, -0.2) is 59.3 Å². The summed E-state index contributed by atoms with van der Waals surface area (Å²) >= 11 is 0. The predicted molar refractivity (Wildman–Crippen MR) is 90.5 cm³/mol. The number of hydrogen-bond acceptors (Lipinski definition) is 5. The molecule has 1 heterocycles. The first-order valence-electron chi connectivity index (χ1n) is 9.50. The monoisotopic (exact) mass is 350 g/mol. The summed E-state index contributed by atoms with van der Waals surface area (Å²) in [5, 5.41) is 28.4. The third-order valence-electron chi connectivity index (χ3n) is 4.58. The fourth-order valence-electron chi connectivity index (χ4n) is 2.97. The van der Waals surface area contributed by atoms with Crippen LogP contribution in [0.15, 0.2) is 0 Å². The van der Waals surface area contributed by atoms with Gasteiger partial charge in [-0.3, -0.25) is 0 Å². The van der Waals surface area contributed by atoms with Gasteiger partial charge < -0.3 is 24.8 Å². The fourth-order valence-corrected chi connectivity index (χ4v) is 2.97. The van der Waals surface area contributed by atoms with E-state index in [-0.39, 0.29) is 0 Å². The number of rotatable bonds is 13. The highest BCUT2D eigenvalue weighted by Crippen LogP contribution is 2.24. The number of aliphatic hydroxyl groups excluding tert-OH is 3. The van der Waals surface area contributed by atoms with Crippen LogP contribution >= 0.6 is 0 Å². The highest BCUT2D eigenvalue weighted by atomic mass is 19.1. The molecule has 0 aromatic heterocycles. The molecule has 0 saturated carbocycles. The molecule has 144 valence electrons. The van der Waals surface area contributed by atoms with Crippen molar-refractivity contribution in [3.05, 3.63) is 0 Å². The van der Waals surface area contributed by atoms with Crippen molar-refractivity contribution < 1.29 is 29.2 Å². The quantitative estimate of drug-likeness (QED) is 0.445. The van der Waals surface area contributed by atoms with E-state index in [1.165, 1.54) is 44.9 Å². The van der Waals surface area contributed by atoms with Gasteiger partial charge >= 0.3 is 0 Å². The fraction of sp³-hybridized carbons (Fsp3) is 1.00. The molecule has 6 heteroatoms. The first kappa shape index (κ1) is 21.8. The standard InChI is InChI=1S/C18H35FO5/c1-2-3-4-5-6-7-8-9-10-11-12-23-18-17(22)16(21)15(19)14(13-20)24-18/h14-18,20-22H,2-13H2,1H3/t14-,15+,16+,17-,18-/m1/s1. The molecule has 1 rings (SSSR count). The molecule has 1 aliphatic rings. The number of alkyl halides is 1. The molecule has 0 spiro atoms. The first-order valence-corrected chi connectivity index (χ1v) is 9.50. The lowest BCUT2D eigenvalue weighted by Crippen LogP contribution is -2.57. The Morgan fingerprint density at radius 2 is 1.42 bits per heavy atom. The lowest BCUT2D eigenvalue weighted by atomic mass is 10.0. The zero-order valence-electron chi connectivity index (χ0n) is 14.9. The van der Waals surface area contributed by atoms with E-state index in [2.05, 4.69) is 6.92 Å². The van der Waals surface area contributed by atoms with Crippen molar-refractivity contribution >= 4 is 0 Å². The Kier molecular flexibility index (Phi) is 11.8. The van der Waals surface area contributed by atoms with Crippen LogP contribution in [0.5, 0.6) is 0 Å². The minimum absolute atomic E-state index is 0.389. The number of hydrogen-bond donors (Lipinski definition) is 3. The van der Waals surface area contributed by atoms with Crippen LogP contribution in [0, 0.1) is 0 Å². The molecule has 0 aromatic rings. The number of halogens is 1. The summed E-state index contributed by atoms with van der Waals surface area (Å²) < 4.78 is 24.1. The largest absolute Gasteiger partial charge is 0.394 e. The molecular formula is C18H35FO5. The van der Waals surface area contributed by atoms with Crippen LogP contribution in [0.3, 0.4) is 0 Å². The summed E-state index contributed by atoms with van der Waals surface area (Å²) in [5.41, 5.74) is 0. The van der Waals surface area contributed by atoms with E-state index in [4.69, 9.17) is 14.6 Å². The maximum atomic E-state index is 13.6. The van der Waals surface area contributed by atoms with Gasteiger partial charge in [-0.25, -0.2) is 4.39 Å². The molecule has 0 unspecified atom stereocenters. The van der Waals surface area contributed by atoms with E-state index in [0.717, 1.165) is 19.3 Å². The van der Waals surface area contributed by atoms with Crippen LogP contribution in [0.1, 0.15) is 71.1 Å². The summed E-state index contributed by atoms with van der Waals surface area (Å²) in [5.74, 6) is 0. The minimum Gasteiger partial charge on any atom is -0.394 e. The third-order valence-corrected chi connectivity index (χ3v) is 4.58. The molecule has 0 bridgehead atoms. The Labute approximate surface area is 145 Å². The van der Waals surface area contributed by atoms with E-state index in [1.807, 2.05) is 0 Å². The Morgan fingerprint density at radius 3 is 1.96 bits per heavy atom. The molecule has 1 saturated heterocycles. The summed E-state index contributed by atoms with van der Waals surface area (Å²) in [6, 6.07) is 0. The van der Waals surface area contributed by atoms with E-state index in [1.54, 1.807) is 0 Å². The van der Waals surface area contributed by atoms with Crippen LogP contribution < -0.4 is 0 Å². The van der Waals surface area contributed by atoms with E-state index in [9.17, 15) is 14.6 Å². The molecule has 3 N–H and O–H groups in total. The van der Waals surface area contributed by atoms with Crippen molar-refractivity contribution in [3.8, 4) is 0 Å². The molecule has 0 amide bonds. The second-order valence-corrected chi connectivity index (χ2v) is 6.70. The van der Waals surface area contributed by atoms with Gasteiger partial charge in [0, 0.05) is 6.61 Å². The van der Waals surface area contributed by atoms with Gasteiger partial charge in [0.2, 0.25) is 0 Å². The van der Waals surface area contributed by atoms with Crippen molar-refractivity contribution in [1.82, 2.24) is 0 Å². The Bertz CT molecular complexity index is 303. The van der Waals surface area contributed by atoms with Gasteiger partial charge in [-0.15, -0.1) is 0 Å². The average molecular weight is 350 g/mol. The van der Waals surface area contributed by atoms with Gasteiger partial charge in [-0.2, -0.15) is 0 Å². The molecule has 24 heavy (non-hydrogen) atoms. The summed E-state index contributed by atoms with van der Waals surface area (Å²) in [6.07, 6.45) is 5.07. The lowest BCUT2D eigenvalue weighted by Gasteiger charge is -2.38. The summed E-state index contributed by atoms with van der Waals surface area (Å²) in [4.78, 5) is 0. The van der Waals surface area contributed by atoms with Crippen molar-refractivity contribution in [2.75, 3.05) is 13.2 Å². The van der Waals surface area contributed by atoms with E-state index >= 15 is 0 Å². The molecule has 0 aromatic carbocycles. The first-order chi connectivity index (χ1) is 11.6.